The summed E-state index contributed by atoms with van der Waals surface area (Å²) in [4.78, 5) is 24.4. The molecule has 1 rings (SSSR count). The number of sulfonamides is 1. The van der Waals surface area contributed by atoms with Crippen LogP contribution in [0.15, 0.2) is 29.2 Å². The highest BCUT2D eigenvalue weighted by Gasteiger charge is 2.28. The monoisotopic (exact) mass is 383 g/mol. The van der Waals surface area contributed by atoms with Gasteiger partial charge < -0.3 is 10.6 Å². The van der Waals surface area contributed by atoms with Crippen LogP contribution in [0.3, 0.4) is 0 Å². The van der Waals surface area contributed by atoms with Crippen molar-refractivity contribution in [3.63, 3.8) is 0 Å². The van der Waals surface area contributed by atoms with Crippen LogP contribution in [0, 0.1) is 12.8 Å². The molecule has 7 nitrogen and oxygen atoms in total. The minimum absolute atomic E-state index is 0.0891. The average molecular weight is 384 g/mol. The van der Waals surface area contributed by atoms with Crippen LogP contribution in [0.4, 0.5) is 0 Å². The van der Waals surface area contributed by atoms with Gasteiger partial charge >= 0.3 is 0 Å². The third-order valence-electron chi connectivity index (χ3n) is 3.76. The lowest BCUT2D eigenvalue weighted by atomic mass is 10.0. The lowest BCUT2D eigenvalue weighted by Crippen LogP contribution is -2.53. The summed E-state index contributed by atoms with van der Waals surface area (Å²) in [5.41, 5.74) is 0.941. The lowest BCUT2D eigenvalue weighted by Gasteiger charge is -2.22. The predicted molar refractivity (Wildman–Crippen MR) is 101 cm³/mol. The number of nitrogens with one attached hydrogen (secondary N) is 3. The third-order valence-corrected chi connectivity index (χ3v) is 5.24. The molecule has 1 aromatic rings. The molecule has 0 heterocycles. The van der Waals surface area contributed by atoms with Gasteiger partial charge in [0.2, 0.25) is 21.8 Å². The van der Waals surface area contributed by atoms with Crippen molar-refractivity contribution in [2.75, 3.05) is 6.54 Å². The fraction of sp³-hybridized carbons (Fsp3) is 0.556. The summed E-state index contributed by atoms with van der Waals surface area (Å²) in [5.74, 6) is -0.745. The second-order valence-electron chi connectivity index (χ2n) is 6.74. The van der Waals surface area contributed by atoms with E-state index in [0.717, 1.165) is 5.56 Å². The van der Waals surface area contributed by atoms with Crippen molar-refractivity contribution in [1.29, 1.82) is 0 Å². The maximum absolute atomic E-state index is 12.6. The highest BCUT2D eigenvalue weighted by molar-refractivity contribution is 7.89. The van der Waals surface area contributed by atoms with E-state index in [1.165, 1.54) is 12.1 Å². The normalized spacial score (nSPS) is 13.9. The number of benzene rings is 1. The Kier molecular flexibility index (Phi) is 8.23. The molecule has 0 saturated carbocycles. The first kappa shape index (κ1) is 22.1. The van der Waals surface area contributed by atoms with E-state index in [1.807, 2.05) is 20.8 Å². The van der Waals surface area contributed by atoms with Gasteiger partial charge in [-0.3, -0.25) is 9.59 Å². The number of hydrogen-bond donors (Lipinski definition) is 3. The van der Waals surface area contributed by atoms with Gasteiger partial charge in [-0.15, -0.1) is 0 Å². The van der Waals surface area contributed by atoms with Crippen molar-refractivity contribution in [2.24, 2.45) is 5.92 Å². The largest absolute Gasteiger partial charge is 0.355 e. The summed E-state index contributed by atoms with van der Waals surface area (Å²) in [6.07, 6.45) is 0.318. The van der Waals surface area contributed by atoms with Crippen LogP contribution in [0.5, 0.6) is 0 Å². The average Bonchev–Trinajstić information content (AvgIpc) is 2.54. The number of carbonyl (C=O) groups excluding carboxylic acids is 2. The molecule has 0 radical (unpaired) electrons. The Hall–Kier alpha value is -1.93. The summed E-state index contributed by atoms with van der Waals surface area (Å²) >= 11 is 0. The standard InChI is InChI=1S/C18H29N3O4S/c1-6-19-17(22)14(5)20-18(23)16(11-12(2)3)21-26(24,25)15-9-7-13(4)8-10-15/h7-10,12,14,16,21H,6,11H2,1-5H3,(H,19,22)(H,20,23)/t14-,16-/m1/s1. The Morgan fingerprint density at radius 3 is 2.12 bits per heavy atom. The second-order valence-corrected chi connectivity index (χ2v) is 8.46. The molecular weight excluding hydrogens is 354 g/mol. The predicted octanol–water partition coefficient (Wildman–Crippen LogP) is 1.33. The number of aryl methyl sites for hydroxylation is 1. The molecule has 0 aliphatic heterocycles. The first-order valence-electron chi connectivity index (χ1n) is 8.74. The summed E-state index contributed by atoms with van der Waals surface area (Å²) in [6, 6.07) is 4.68. The van der Waals surface area contributed by atoms with Gasteiger partial charge in [-0.1, -0.05) is 31.5 Å². The molecule has 146 valence electrons. The molecule has 0 aliphatic carbocycles. The molecule has 2 atom stereocenters. The Morgan fingerprint density at radius 2 is 1.62 bits per heavy atom. The van der Waals surface area contributed by atoms with E-state index in [2.05, 4.69) is 15.4 Å². The van der Waals surface area contributed by atoms with Gasteiger partial charge in [0.15, 0.2) is 0 Å². The first-order chi connectivity index (χ1) is 12.1. The summed E-state index contributed by atoms with van der Waals surface area (Å²) in [6.45, 7) is 9.45. The summed E-state index contributed by atoms with van der Waals surface area (Å²) < 4.78 is 27.6. The van der Waals surface area contributed by atoms with E-state index in [0.29, 0.717) is 13.0 Å². The molecular formula is C18H29N3O4S. The van der Waals surface area contributed by atoms with Gasteiger partial charge in [-0.2, -0.15) is 4.72 Å². The summed E-state index contributed by atoms with van der Waals surface area (Å²) in [5, 5.41) is 5.19. The smallest absolute Gasteiger partial charge is 0.242 e. The molecule has 0 unspecified atom stereocenters. The zero-order valence-electron chi connectivity index (χ0n) is 16.0. The van der Waals surface area contributed by atoms with E-state index in [-0.39, 0.29) is 16.7 Å². The van der Waals surface area contributed by atoms with E-state index >= 15 is 0 Å². The van der Waals surface area contributed by atoms with Crippen molar-refractivity contribution >= 4 is 21.8 Å². The SMILES string of the molecule is CCNC(=O)[C@@H](C)NC(=O)[C@@H](CC(C)C)NS(=O)(=O)c1ccc(C)cc1. The van der Waals surface area contributed by atoms with E-state index < -0.39 is 28.0 Å². The minimum Gasteiger partial charge on any atom is -0.355 e. The van der Waals surface area contributed by atoms with Crippen molar-refractivity contribution in [2.45, 2.75) is 58.0 Å². The molecule has 0 aliphatic rings. The number of carbonyl (C=O) groups is 2. The maximum Gasteiger partial charge on any atom is 0.242 e. The van der Waals surface area contributed by atoms with Crippen molar-refractivity contribution in [3.05, 3.63) is 29.8 Å². The molecule has 0 bridgehead atoms. The fourth-order valence-corrected chi connectivity index (χ4v) is 3.57. The molecule has 0 fully saturated rings. The molecule has 0 aromatic heterocycles. The fourth-order valence-electron chi connectivity index (χ4n) is 2.36. The Morgan fingerprint density at radius 1 is 1.04 bits per heavy atom. The van der Waals surface area contributed by atoms with Crippen molar-refractivity contribution < 1.29 is 18.0 Å². The maximum atomic E-state index is 12.6. The highest BCUT2D eigenvalue weighted by atomic mass is 32.2. The van der Waals surface area contributed by atoms with Gasteiger partial charge in [0.1, 0.15) is 12.1 Å². The van der Waals surface area contributed by atoms with E-state index in [9.17, 15) is 18.0 Å². The van der Waals surface area contributed by atoms with E-state index in [4.69, 9.17) is 0 Å². The lowest BCUT2D eigenvalue weighted by molar-refractivity contribution is -0.129. The number of rotatable bonds is 9. The Labute approximate surface area is 156 Å². The topological polar surface area (TPSA) is 104 Å². The molecule has 8 heteroatoms. The Balaban J connectivity index is 2.93. The molecule has 3 N–H and O–H groups in total. The third kappa shape index (κ3) is 6.76. The van der Waals surface area contributed by atoms with Gasteiger partial charge in [0.05, 0.1) is 4.90 Å². The van der Waals surface area contributed by atoms with Crippen LogP contribution >= 0.6 is 0 Å². The number of amides is 2. The molecule has 1 aromatic carbocycles. The minimum atomic E-state index is -3.84. The highest BCUT2D eigenvalue weighted by Crippen LogP contribution is 2.13. The first-order valence-corrected chi connectivity index (χ1v) is 10.2. The second kappa shape index (κ2) is 9.68. The van der Waals surface area contributed by atoms with Crippen LogP contribution in [0.25, 0.3) is 0 Å². The van der Waals surface area contributed by atoms with E-state index in [1.54, 1.807) is 26.0 Å². The van der Waals surface area contributed by atoms with Crippen molar-refractivity contribution in [1.82, 2.24) is 15.4 Å². The molecule has 0 saturated heterocycles. The number of hydrogen-bond acceptors (Lipinski definition) is 4. The molecule has 0 spiro atoms. The van der Waals surface area contributed by atoms with Crippen LogP contribution in [0.1, 0.15) is 39.7 Å². The van der Waals surface area contributed by atoms with Gasteiger partial charge in [-0.25, -0.2) is 8.42 Å². The number of likely N-dealkylation sites (N-methyl/N-ethyl adjacent to an activating group) is 1. The quantitative estimate of drug-likeness (QED) is 0.598. The van der Waals surface area contributed by atoms with Gasteiger partial charge in [0, 0.05) is 6.54 Å². The van der Waals surface area contributed by atoms with Crippen LogP contribution < -0.4 is 15.4 Å². The zero-order valence-corrected chi connectivity index (χ0v) is 16.8. The van der Waals surface area contributed by atoms with Crippen molar-refractivity contribution in [3.8, 4) is 0 Å². The van der Waals surface area contributed by atoms with Crippen LogP contribution in [-0.4, -0.2) is 38.9 Å². The zero-order chi connectivity index (χ0) is 19.9. The van der Waals surface area contributed by atoms with Crippen LogP contribution in [-0.2, 0) is 19.6 Å². The van der Waals surface area contributed by atoms with Gasteiger partial charge in [0.25, 0.3) is 0 Å². The molecule has 2 amide bonds. The van der Waals surface area contributed by atoms with Gasteiger partial charge in [-0.05, 0) is 45.2 Å². The molecule has 26 heavy (non-hydrogen) atoms. The summed E-state index contributed by atoms with van der Waals surface area (Å²) in [7, 11) is -3.84. The van der Waals surface area contributed by atoms with Crippen LogP contribution in [0.2, 0.25) is 0 Å². The Bertz CT molecular complexity index is 714.